The number of Topliss-reactive ketones (excluding diaryl/α,β-unsaturated/α-hetero) is 1. The summed E-state index contributed by atoms with van der Waals surface area (Å²) in [5, 5.41) is 4.88. The third kappa shape index (κ3) is 1.28. The van der Waals surface area contributed by atoms with Crippen LogP contribution in [0.15, 0.2) is 30.5 Å². The van der Waals surface area contributed by atoms with Crippen molar-refractivity contribution in [1.82, 2.24) is 9.78 Å². The summed E-state index contributed by atoms with van der Waals surface area (Å²) in [6.45, 7) is 0. The molecule has 1 aromatic heterocycles. The minimum Gasteiger partial charge on any atom is -0.294 e. The van der Waals surface area contributed by atoms with Crippen LogP contribution in [0.2, 0.25) is 5.02 Å². The molecule has 0 saturated carbocycles. The molecule has 0 bridgehead atoms. The van der Waals surface area contributed by atoms with E-state index in [9.17, 15) is 4.79 Å². The third-order valence-electron chi connectivity index (χ3n) is 2.84. The van der Waals surface area contributed by atoms with Crippen molar-refractivity contribution >= 4 is 17.4 Å². The first-order valence-electron chi connectivity index (χ1n) is 5.12. The Kier molecular flexibility index (Phi) is 2.07. The van der Waals surface area contributed by atoms with E-state index >= 15 is 0 Å². The molecular formula is C12H9ClN2O. The van der Waals surface area contributed by atoms with Crippen molar-refractivity contribution in [3.8, 4) is 5.69 Å². The van der Waals surface area contributed by atoms with Gasteiger partial charge in [-0.25, -0.2) is 4.68 Å². The first-order valence-corrected chi connectivity index (χ1v) is 5.50. The fraction of sp³-hybridized carbons (Fsp3) is 0.167. The maximum absolute atomic E-state index is 11.5. The Morgan fingerprint density at radius 3 is 2.88 bits per heavy atom. The molecule has 3 rings (SSSR count). The summed E-state index contributed by atoms with van der Waals surface area (Å²) in [5.41, 5.74) is 2.54. The number of para-hydroxylation sites is 1. The van der Waals surface area contributed by atoms with E-state index in [4.69, 9.17) is 11.6 Å². The van der Waals surface area contributed by atoms with E-state index < -0.39 is 0 Å². The summed E-state index contributed by atoms with van der Waals surface area (Å²) in [6.07, 6.45) is 2.96. The minimum absolute atomic E-state index is 0.174. The molecule has 1 heterocycles. The Labute approximate surface area is 97.6 Å². The molecule has 3 nitrogen and oxygen atoms in total. The highest BCUT2D eigenvalue weighted by molar-refractivity contribution is 6.32. The summed E-state index contributed by atoms with van der Waals surface area (Å²) < 4.78 is 1.77. The Morgan fingerprint density at radius 2 is 2.06 bits per heavy atom. The van der Waals surface area contributed by atoms with Crippen LogP contribution in [0.1, 0.15) is 22.5 Å². The number of halogens is 1. The highest BCUT2D eigenvalue weighted by Gasteiger charge is 2.25. The lowest BCUT2D eigenvalue weighted by molar-refractivity contribution is 0.0994. The van der Waals surface area contributed by atoms with Gasteiger partial charge in [0.2, 0.25) is 0 Å². The molecule has 0 spiro atoms. The van der Waals surface area contributed by atoms with Crippen LogP contribution < -0.4 is 0 Å². The van der Waals surface area contributed by atoms with Gasteiger partial charge in [0.25, 0.3) is 0 Å². The summed E-state index contributed by atoms with van der Waals surface area (Å²) in [4.78, 5) is 11.5. The van der Waals surface area contributed by atoms with Crippen molar-refractivity contribution in [2.24, 2.45) is 0 Å². The Morgan fingerprint density at radius 1 is 1.25 bits per heavy atom. The average Bonchev–Trinajstić information content (AvgIpc) is 2.83. The molecule has 80 valence electrons. The first-order chi connectivity index (χ1) is 7.77. The molecule has 1 aliphatic carbocycles. The lowest BCUT2D eigenvalue weighted by atomic mass is 10.2. The van der Waals surface area contributed by atoms with Crippen LogP contribution in [0.25, 0.3) is 5.69 Å². The maximum Gasteiger partial charge on any atom is 0.166 e. The van der Waals surface area contributed by atoms with Crippen molar-refractivity contribution in [3.05, 3.63) is 46.7 Å². The summed E-state index contributed by atoms with van der Waals surface area (Å²) >= 11 is 6.11. The van der Waals surface area contributed by atoms with Crippen molar-refractivity contribution in [1.29, 1.82) is 0 Å². The molecule has 2 aromatic rings. The zero-order chi connectivity index (χ0) is 11.1. The van der Waals surface area contributed by atoms with Crippen LogP contribution in [0, 0.1) is 0 Å². The number of carbonyl (C=O) groups excluding carboxylic acids is 1. The smallest absolute Gasteiger partial charge is 0.166 e. The number of carbonyl (C=O) groups is 1. The second-order valence-electron chi connectivity index (χ2n) is 3.79. The largest absolute Gasteiger partial charge is 0.294 e. The number of ketones is 1. The van der Waals surface area contributed by atoms with Gasteiger partial charge in [0.05, 0.1) is 28.2 Å². The van der Waals surface area contributed by atoms with Crippen LogP contribution in [0.3, 0.4) is 0 Å². The number of rotatable bonds is 1. The molecule has 1 aromatic carbocycles. The van der Waals surface area contributed by atoms with Gasteiger partial charge < -0.3 is 0 Å². The number of nitrogens with zero attached hydrogens (tertiary/aromatic N) is 2. The zero-order valence-corrected chi connectivity index (χ0v) is 9.24. The number of hydrogen-bond donors (Lipinski definition) is 0. The second-order valence-corrected chi connectivity index (χ2v) is 4.20. The molecule has 0 atom stereocenters. The van der Waals surface area contributed by atoms with Crippen LogP contribution in [0.5, 0.6) is 0 Å². The van der Waals surface area contributed by atoms with Gasteiger partial charge in [-0.1, -0.05) is 23.7 Å². The van der Waals surface area contributed by atoms with Crippen molar-refractivity contribution in [2.75, 3.05) is 0 Å². The van der Waals surface area contributed by atoms with Gasteiger partial charge in [0, 0.05) is 6.42 Å². The molecule has 0 N–H and O–H groups in total. The van der Waals surface area contributed by atoms with Gasteiger partial charge in [-0.2, -0.15) is 5.10 Å². The minimum atomic E-state index is 0.174. The second kappa shape index (κ2) is 3.46. The molecule has 0 radical (unpaired) electrons. The summed E-state index contributed by atoms with van der Waals surface area (Å²) in [5.74, 6) is 0.174. The molecule has 0 amide bonds. The van der Waals surface area contributed by atoms with E-state index in [1.807, 2.05) is 24.3 Å². The average molecular weight is 233 g/mol. The van der Waals surface area contributed by atoms with Crippen LogP contribution in [0.4, 0.5) is 0 Å². The normalized spacial score (nSPS) is 14.2. The van der Waals surface area contributed by atoms with E-state index in [1.165, 1.54) is 0 Å². The zero-order valence-electron chi connectivity index (χ0n) is 8.48. The first kappa shape index (κ1) is 9.60. The molecular weight excluding hydrogens is 224 g/mol. The van der Waals surface area contributed by atoms with Crippen LogP contribution >= 0.6 is 11.6 Å². The fourth-order valence-electron chi connectivity index (χ4n) is 2.04. The Hall–Kier alpha value is -1.61. The summed E-state index contributed by atoms with van der Waals surface area (Å²) in [6, 6.07) is 7.51. The molecule has 0 unspecified atom stereocenters. The molecule has 16 heavy (non-hydrogen) atoms. The van der Waals surface area contributed by atoms with E-state index in [0.717, 1.165) is 23.4 Å². The van der Waals surface area contributed by atoms with Crippen molar-refractivity contribution < 1.29 is 4.79 Å². The van der Waals surface area contributed by atoms with Gasteiger partial charge in [-0.3, -0.25) is 4.79 Å². The number of aromatic nitrogens is 2. The lowest BCUT2D eigenvalue weighted by Crippen LogP contribution is -2.01. The SMILES string of the molecule is O=C1CCc2c1cnn2-c1ccccc1Cl. The van der Waals surface area contributed by atoms with Crippen LogP contribution in [-0.4, -0.2) is 15.6 Å². The quantitative estimate of drug-likeness (QED) is 0.758. The number of benzene rings is 1. The predicted molar refractivity (Wildman–Crippen MR) is 61.2 cm³/mol. The van der Waals surface area contributed by atoms with Gasteiger partial charge in [0.15, 0.2) is 5.78 Å². The Balaban J connectivity index is 2.19. The number of hydrogen-bond acceptors (Lipinski definition) is 2. The van der Waals surface area contributed by atoms with E-state index in [0.29, 0.717) is 11.4 Å². The predicted octanol–water partition coefficient (Wildman–Crippen LogP) is 2.65. The standard InChI is InChI=1S/C12H9ClN2O/c13-9-3-1-2-4-11(9)15-10-5-6-12(16)8(10)7-14-15/h1-4,7H,5-6H2. The molecule has 4 heteroatoms. The van der Waals surface area contributed by atoms with E-state index in [-0.39, 0.29) is 5.78 Å². The van der Waals surface area contributed by atoms with E-state index in [2.05, 4.69) is 5.10 Å². The number of fused-ring (bicyclic) bond motifs is 1. The van der Waals surface area contributed by atoms with Crippen molar-refractivity contribution in [3.63, 3.8) is 0 Å². The van der Waals surface area contributed by atoms with Crippen LogP contribution in [-0.2, 0) is 6.42 Å². The maximum atomic E-state index is 11.5. The molecule has 0 saturated heterocycles. The third-order valence-corrected chi connectivity index (χ3v) is 3.16. The van der Waals surface area contributed by atoms with Crippen molar-refractivity contribution in [2.45, 2.75) is 12.8 Å². The molecule has 0 fully saturated rings. The van der Waals surface area contributed by atoms with E-state index in [1.54, 1.807) is 10.9 Å². The van der Waals surface area contributed by atoms with Gasteiger partial charge in [-0.15, -0.1) is 0 Å². The molecule has 1 aliphatic rings. The lowest BCUT2D eigenvalue weighted by Gasteiger charge is -2.06. The fourth-order valence-corrected chi connectivity index (χ4v) is 2.26. The van der Waals surface area contributed by atoms with Gasteiger partial charge in [-0.05, 0) is 18.6 Å². The van der Waals surface area contributed by atoms with Gasteiger partial charge in [0.1, 0.15) is 0 Å². The van der Waals surface area contributed by atoms with Gasteiger partial charge >= 0.3 is 0 Å². The Bertz CT molecular complexity index is 574. The monoisotopic (exact) mass is 232 g/mol. The highest BCUT2D eigenvalue weighted by Crippen LogP contribution is 2.27. The summed E-state index contributed by atoms with van der Waals surface area (Å²) in [7, 11) is 0. The molecule has 0 aliphatic heterocycles. The highest BCUT2D eigenvalue weighted by atomic mass is 35.5. The topological polar surface area (TPSA) is 34.9 Å².